The number of hydrogen-bond donors (Lipinski definition) is 2. The summed E-state index contributed by atoms with van der Waals surface area (Å²) in [5.41, 5.74) is -3.16. The van der Waals surface area contributed by atoms with E-state index < -0.39 is 40.4 Å². The Morgan fingerprint density at radius 3 is 2.76 bits per heavy atom. The Balaban J connectivity index is 1.48. The summed E-state index contributed by atoms with van der Waals surface area (Å²) in [6.45, 7) is 4.09. The van der Waals surface area contributed by atoms with Crippen LogP contribution in [0.4, 0.5) is 8.78 Å². The molecular weight excluding hydrogens is 540 g/mol. The van der Waals surface area contributed by atoms with Gasteiger partial charge in [0.2, 0.25) is 0 Å². The van der Waals surface area contributed by atoms with Gasteiger partial charge in [-0.3, -0.25) is 9.59 Å². The molecule has 2 N–H and O–H groups in total. The maximum Gasteiger partial charge on any atom is 0.195 e. The van der Waals surface area contributed by atoms with Crippen LogP contribution in [0, 0.1) is 34.5 Å². The largest absolute Gasteiger partial charge is 0.390 e. The molecule has 0 bridgehead atoms. The Morgan fingerprint density at radius 1 is 1.32 bits per heavy atom. The lowest BCUT2D eigenvalue weighted by Crippen LogP contribution is -2.66. The molecule has 3 fully saturated rings. The van der Waals surface area contributed by atoms with E-state index in [0.717, 1.165) is 9.94 Å². The van der Waals surface area contributed by atoms with E-state index in [1.807, 2.05) is 13.0 Å². The molecule has 4 aliphatic rings. The van der Waals surface area contributed by atoms with Crippen LogP contribution in [0.1, 0.15) is 44.4 Å². The monoisotopic (exact) mass is 571 g/mol. The molecule has 0 aromatic carbocycles. The van der Waals surface area contributed by atoms with Crippen molar-refractivity contribution in [3.63, 3.8) is 0 Å². The Labute approximate surface area is 228 Å². The number of halogens is 3. The molecule has 0 amide bonds. The summed E-state index contributed by atoms with van der Waals surface area (Å²) in [5, 5.41) is 23.1. The first-order chi connectivity index (χ1) is 17.4. The Hall–Kier alpha value is -1.10. The second-order valence-corrected chi connectivity index (χ2v) is 14.2. The van der Waals surface area contributed by atoms with Crippen molar-refractivity contribution in [2.24, 2.45) is 34.5 Å². The van der Waals surface area contributed by atoms with E-state index in [9.17, 15) is 24.3 Å². The van der Waals surface area contributed by atoms with Crippen molar-refractivity contribution in [3.05, 3.63) is 45.1 Å². The lowest BCUT2D eigenvalue weighted by atomic mass is 9.45. The van der Waals surface area contributed by atoms with E-state index >= 15 is 4.39 Å². The van der Waals surface area contributed by atoms with Crippen LogP contribution < -0.4 is 0 Å². The van der Waals surface area contributed by atoms with Gasteiger partial charge in [-0.25, -0.2) is 8.78 Å². The van der Waals surface area contributed by atoms with E-state index in [1.165, 1.54) is 23.5 Å². The van der Waals surface area contributed by atoms with Crippen molar-refractivity contribution in [3.8, 4) is 0 Å². The quantitative estimate of drug-likeness (QED) is 0.408. The van der Waals surface area contributed by atoms with E-state index in [-0.39, 0.29) is 42.2 Å². The Bertz CT molecular complexity index is 1160. The lowest BCUT2D eigenvalue weighted by molar-refractivity contribution is -0.194. The lowest BCUT2D eigenvalue weighted by Gasteiger charge is -2.61. The van der Waals surface area contributed by atoms with Gasteiger partial charge in [0.1, 0.15) is 6.01 Å². The number of hydrogen-bond acceptors (Lipinski definition) is 7. The summed E-state index contributed by atoms with van der Waals surface area (Å²) in [7, 11) is 0. The maximum absolute atomic E-state index is 17.3. The first kappa shape index (κ1) is 27.5. The highest BCUT2D eigenvalue weighted by atomic mass is 35.5. The second kappa shape index (κ2) is 9.82. The first-order valence-electron chi connectivity index (χ1n) is 12.7. The summed E-state index contributed by atoms with van der Waals surface area (Å²) in [5.74, 6) is -1.92. The SMILES string of the molecule is CC12CC(O)C3(F)C(CCC4=CC(=O)C=CC43C)C1CC(CN(O)Cc1ccc(Cl)s1)C2C(=O)SCF. The van der Waals surface area contributed by atoms with Crippen molar-refractivity contribution < 1.29 is 28.7 Å². The number of carbonyl (C=O) groups excluding carboxylic acids is 2. The molecule has 3 saturated carbocycles. The molecular formula is C27H32ClF2NO4S2. The summed E-state index contributed by atoms with van der Waals surface area (Å²) in [4.78, 5) is 26.2. The highest BCUT2D eigenvalue weighted by Gasteiger charge is 2.72. The molecule has 8 atom stereocenters. The molecule has 202 valence electrons. The molecule has 0 aliphatic heterocycles. The number of hydroxylamine groups is 2. The van der Waals surface area contributed by atoms with Gasteiger partial charge in [-0.1, -0.05) is 41.9 Å². The van der Waals surface area contributed by atoms with Gasteiger partial charge in [0.05, 0.1) is 17.0 Å². The third kappa shape index (κ3) is 4.28. The van der Waals surface area contributed by atoms with Crippen LogP contribution in [-0.2, 0) is 16.1 Å². The van der Waals surface area contributed by atoms with Gasteiger partial charge < -0.3 is 10.3 Å². The number of carbonyl (C=O) groups is 2. The number of aliphatic hydroxyl groups excluding tert-OH is 1. The van der Waals surface area contributed by atoms with Gasteiger partial charge in [0.25, 0.3) is 0 Å². The maximum atomic E-state index is 17.3. The van der Waals surface area contributed by atoms with Crippen molar-refractivity contribution >= 4 is 45.6 Å². The van der Waals surface area contributed by atoms with Crippen molar-refractivity contribution in [2.45, 2.75) is 57.8 Å². The van der Waals surface area contributed by atoms with Gasteiger partial charge >= 0.3 is 0 Å². The minimum atomic E-state index is -2.00. The van der Waals surface area contributed by atoms with Gasteiger partial charge in [-0.2, -0.15) is 5.06 Å². The number of thiophene rings is 1. The number of thioether (sulfide) groups is 1. The first-order valence-corrected chi connectivity index (χ1v) is 14.8. The van der Waals surface area contributed by atoms with E-state index in [1.54, 1.807) is 19.1 Å². The molecule has 1 aromatic heterocycles. The van der Waals surface area contributed by atoms with Crippen LogP contribution in [0.3, 0.4) is 0 Å². The third-order valence-electron chi connectivity index (χ3n) is 9.68. The molecule has 8 unspecified atom stereocenters. The second-order valence-electron chi connectivity index (χ2n) is 11.5. The summed E-state index contributed by atoms with van der Waals surface area (Å²) in [6, 6.07) is 2.73. The van der Waals surface area contributed by atoms with E-state index in [4.69, 9.17) is 11.6 Å². The van der Waals surface area contributed by atoms with Crippen LogP contribution in [-0.4, -0.2) is 50.6 Å². The van der Waals surface area contributed by atoms with Gasteiger partial charge in [0, 0.05) is 28.7 Å². The van der Waals surface area contributed by atoms with Crippen molar-refractivity contribution in [1.29, 1.82) is 0 Å². The molecule has 0 radical (unpaired) electrons. The topological polar surface area (TPSA) is 77.8 Å². The normalized spacial score (nSPS) is 40.8. The van der Waals surface area contributed by atoms with Crippen LogP contribution in [0.25, 0.3) is 0 Å². The van der Waals surface area contributed by atoms with Crippen LogP contribution in [0.5, 0.6) is 0 Å². The number of nitrogens with zero attached hydrogens (tertiary/aromatic N) is 1. The van der Waals surface area contributed by atoms with Crippen LogP contribution in [0.15, 0.2) is 35.9 Å². The molecule has 4 aliphatic carbocycles. The molecule has 1 heterocycles. The molecule has 5 nitrogen and oxygen atoms in total. The molecule has 0 spiro atoms. The highest BCUT2D eigenvalue weighted by Crippen LogP contribution is 2.70. The average molecular weight is 572 g/mol. The minimum Gasteiger partial charge on any atom is -0.390 e. The predicted molar refractivity (Wildman–Crippen MR) is 141 cm³/mol. The Kier molecular flexibility index (Phi) is 7.29. The number of rotatable bonds is 6. The zero-order valence-electron chi connectivity index (χ0n) is 20.8. The van der Waals surface area contributed by atoms with E-state index in [0.29, 0.717) is 40.9 Å². The highest BCUT2D eigenvalue weighted by molar-refractivity contribution is 8.13. The molecule has 5 rings (SSSR count). The molecule has 1 aromatic rings. The fourth-order valence-corrected chi connectivity index (χ4v) is 9.97. The van der Waals surface area contributed by atoms with Gasteiger partial charge in [-0.05, 0) is 74.1 Å². The van der Waals surface area contributed by atoms with Gasteiger partial charge in [-0.15, -0.1) is 11.3 Å². The third-order valence-corrected chi connectivity index (χ3v) is 11.5. The number of alkyl halides is 2. The van der Waals surface area contributed by atoms with Crippen LogP contribution in [0.2, 0.25) is 4.34 Å². The molecule has 10 heteroatoms. The Morgan fingerprint density at radius 2 is 2.08 bits per heavy atom. The molecule has 37 heavy (non-hydrogen) atoms. The number of fused-ring (bicyclic) bond motifs is 5. The number of aliphatic hydroxyl groups is 1. The van der Waals surface area contributed by atoms with Gasteiger partial charge in [0.15, 0.2) is 16.6 Å². The standard InChI is InChI=1S/C27H32ClF2NO4S2/c1-25-11-21(33)27(30)19(5-3-16-10-17(32)7-8-26(16,27)2)20(25)9-15(23(25)24(34)36-14-29)12-31(35)13-18-4-6-22(28)37-18/h4,6-8,10,15,19-21,23,33,35H,3,5,9,11-14H2,1-2H3. The fourth-order valence-electron chi connectivity index (χ4n) is 8.13. The zero-order valence-corrected chi connectivity index (χ0v) is 23.2. The smallest absolute Gasteiger partial charge is 0.195 e. The molecule has 0 saturated heterocycles. The van der Waals surface area contributed by atoms with Crippen molar-refractivity contribution in [1.82, 2.24) is 5.06 Å². The fraction of sp³-hybridized carbons (Fsp3) is 0.630. The van der Waals surface area contributed by atoms with E-state index in [2.05, 4.69) is 0 Å². The summed E-state index contributed by atoms with van der Waals surface area (Å²) >= 11 is 8.00. The number of ketones is 1. The van der Waals surface area contributed by atoms with Crippen molar-refractivity contribution in [2.75, 3.05) is 12.6 Å². The van der Waals surface area contributed by atoms with Crippen LogP contribution >= 0.6 is 34.7 Å². The summed E-state index contributed by atoms with van der Waals surface area (Å²) < 4.78 is 31.3. The minimum absolute atomic E-state index is 0.0566. The summed E-state index contributed by atoms with van der Waals surface area (Å²) in [6.07, 6.45) is 4.68. The average Bonchev–Trinajstić information content (AvgIpc) is 3.35. The predicted octanol–water partition coefficient (Wildman–Crippen LogP) is 5.99. The zero-order chi connectivity index (χ0) is 26.8. The number of allylic oxidation sites excluding steroid dienone is 4.